The van der Waals surface area contributed by atoms with Crippen LogP contribution in [0.15, 0.2) is 41.0 Å². The zero-order valence-electron chi connectivity index (χ0n) is 12.6. The van der Waals surface area contributed by atoms with Gasteiger partial charge in [-0.1, -0.05) is 30.3 Å². The van der Waals surface area contributed by atoms with Crippen molar-refractivity contribution in [3.8, 4) is 0 Å². The van der Waals surface area contributed by atoms with Crippen LogP contribution in [0.3, 0.4) is 0 Å². The molecule has 0 fully saturated rings. The molecule has 21 heavy (non-hydrogen) atoms. The van der Waals surface area contributed by atoms with Crippen molar-refractivity contribution in [2.24, 2.45) is 0 Å². The number of benzene rings is 1. The number of hydrogen-bond donors (Lipinski definition) is 1. The molecular formula is C16H22BrN3O. The van der Waals surface area contributed by atoms with Gasteiger partial charge in [0.15, 0.2) is 0 Å². The molecule has 1 atom stereocenters. The lowest BCUT2D eigenvalue weighted by Crippen LogP contribution is -2.21. The van der Waals surface area contributed by atoms with Crippen LogP contribution in [0.5, 0.6) is 0 Å². The van der Waals surface area contributed by atoms with Gasteiger partial charge in [-0.05, 0) is 35.0 Å². The van der Waals surface area contributed by atoms with Crippen molar-refractivity contribution in [3.05, 3.63) is 52.3 Å². The molecule has 114 valence electrons. The maximum atomic E-state index is 5.16. The molecule has 4 nitrogen and oxygen atoms in total. The van der Waals surface area contributed by atoms with Crippen molar-refractivity contribution >= 4 is 15.9 Å². The maximum Gasteiger partial charge on any atom is 0.0658 e. The fraction of sp³-hybridized carbons (Fsp3) is 0.438. The number of nitrogens with zero attached hydrogens (tertiary/aromatic N) is 2. The zero-order chi connectivity index (χ0) is 15.1. The van der Waals surface area contributed by atoms with E-state index in [9.17, 15) is 0 Å². The lowest BCUT2D eigenvalue weighted by Gasteiger charge is -2.18. The van der Waals surface area contributed by atoms with Crippen molar-refractivity contribution in [1.82, 2.24) is 15.1 Å². The molecule has 1 heterocycles. The van der Waals surface area contributed by atoms with E-state index >= 15 is 0 Å². The van der Waals surface area contributed by atoms with Gasteiger partial charge in [0.2, 0.25) is 0 Å². The lowest BCUT2D eigenvalue weighted by molar-refractivity contribution is 0.182. The molecule has 1 aromatic heterocycles. The number of aromatic nitrogens is 2. The van der Waals surface area contributed by atoms with Crippen LogP contribution in [0.1, 0.15) is 17.2 Å². The van der Waals surface area contributed by atoms with Gasteiger partial charge in [-0.25, -0.2) is 0 Å². The van der Waals surface area contributed by atoms with Crippen LogP contribution in [0.4, 0.5) is 0 Å². The summed E-state index contributed by atoms with van der Waals surface area (Å²) >= 11 is 3.62. The van der Waals surface area contributed by atoms with E-state index in [1.807, 2.05) is 17.9 Å². The van der Waals surface area contributed by atoms with Crippen molar-refractivity contribution in [1.29, 1.82) is 0 Å². The summed E-state index contributed by atoms with van der Waals surface area (Å²) in [4.78, 5) is 0. The molecule has 0 aliphatic carbocycles. The molecular weight excluding hydrogens is 330 g/mol. The van der Waals surface area contributed by atoms with Crippen LogP contribution >= 0.6 is 15.9 Å². The Hall–Kier alpha value is -1.17. The molecule has 2 rings (SSSR count). The van der Waals surface area contributed by atoms with E-state index in [1.165, 1.54) is 11.3 Å². The highest BCUT2D eigenvalue weighted by atomic mass is 79.9. The van der Waals surface area contributed by atoms with Crippen LogP contribution in [0.25, 0.3) is 0 Å². The number of likely N-dealkylation sites (N-methyl/N-ethyl adjacent to an activating group) is 1. The summed E-state index contributed by atoms with van der Waals surface area (Å²) in [6, 6.07) is 10.6. The van der Waals surface area contributed by atoms with Crippen molar-refractivity contribution in [2.75, 3.05) is 27.3 Å². The molecule has 0 radical (unpaired) electrons. The minimum absolute atomic E-state index is 0.422. The molecule has 0 amide bonds. The van der Waals surface area contributed by atoms with Crippen LogP contribution in [0, 0.1) is 0 Å². The Bertz CT molecular complexity index is 542. The van der Waals surface area contributed by atoms with Gasteiger partial charge < -0.3 is 10.1 Å². The third kappa shape index (κ3) is 4.40. The first kappa shape index (κ1) is 16.2. The second-order valence-corrected chi connectivity index (χ2v) is 5.88. The Morgan fingerprint density at radius 3 is 2.76 bits per heavy atom. The largest absolute Gasteiger partial charge is 0.383 e. The van der Waals surface area contributed by atoms with E-state index in [0.717, 1.165) is 24.0 Å². The Balaban J connectivity index is 2.19. The highest BCUT2D eigenvalue weighted by molar-refractivity contribution is 9.10. The molecule has 0 spiro atoms. The number of methoxy groups -OCH3 is 1. The molecule has 0 aliphatic heterocycles. The van der Waals surface area contributed by atoms with Crippen molar-refractivity contribution < 1.29 is 4.74 Å². The van der Waals surface area contributed by atoms with Crippen LogP contribution in [-0.4, -0.2) is 37.1 Å². The van der Waals surface area contributed by atoms with E-state index in [1.54, 1.807) is 7.11 Å². The van der Waals surface area contributed by atoms with E-state index in [-0.39, 0.29) is 0 Å². The Kier molecular flexibility index (Phi) is 6.42. The van der Waals surface area contributed by atoms with E-state index in [0.29, 0.717) is 12.5 Å². The van der Waals surface area contributed by atoms with Gasteiger partial charge in [0.1, 0.15) is 0 Å². The summed E-state index contributed by atoms with van der Waals surface area (Å²) in [5.74, 6) is 0.422. The number of nitrogens with one attached hydrogen (secondary N) is 1. The summed E-state index contributed by atoms with van der Waals surface area (Å²) in [7, 11) is 3.71. The van der Waals surface area contributed by atoms with Gasteiger partial charge in [-0.2, -0.15) is 5.10 Å². The molecule has 0 aliphatic rings. The normalized spacial score (nSPS) is 12.5. The third-order valence-corrected chi connectivity index (χ3v) is 4.23. The highest BCUT2D eigenvalue weighted by Gasteiger charge is 2.17. The molecule has 1 unspecified atom stereocenters. The SMILES string of the molecule is CNCC(Cc1c(Br)cnn1CCOC)c1ccccc1. The van der Waals surface area contributed by atoms with E-state index in [4.69, 9.17) is 4.74 Å². The second-order valence-electron chi connectivity index (χ2n) is 5.02. The first-order valence-corrected chi connectivity index (χ1v) is 7.94. The van der Waals surface area contributed by atoms with Gasteiger partial charge in [-0.3, -0.25) is 4.68 Å². The fourth-order valence-corrected chi connectivity index (χ4v) is 2.93. The Labute approximate surface area is 134 Å². The molecule has 5 heteroatoms. The van der Waals surface area contributed by atoms with E-state index in [2.05, 4.69) is 56.7 Å². The quantitative estimate of drug-likeness (QED) is 0.794. The Morgan fingerprint density at radius 2 is 2.10 bits per heavy atom. The van der Waals surface area contributed by atoms with Gasteiger partial charge in [0, 0.05) is 19.6 Å². The minimum Gasteiger partial charge on any atom is -0.383 e. The predicted octanol–water partition coefficient (Wildman–Crippen LogP) is 2.84. The summed E-state index contributed by atoms with van der Waals surface area (Å²) in [5, 5.41) is 7.72. The Morgan fingerprint density at radius 1 is 1.33 bits per heavy atom. The number of ether oxygens (including phenoxy) is 1. The average molecular weight is 352 g/mol. The van der Waals surface area contributed by atoms with Gasteiger partial charge in [0.05, 0.1) is 29.5 Å². The van der Waals surface area contributed by atoms with Crippen LogP contribution in [0.2, 0.25) is 0 Å². The summed E-state index contributed by atoms with van der Waals surface area (Å²) < 4.78 is 8.25. The van der Waals surface area contributed by atoms with Gasteiger partial charge >= 0.3 is 0 Å². The highest BCUT2D eigenvalue weighted by Crippen LogP contribution is 2.25. The van der Waals surface area contributed by atoms with E-state index < -0.39 is 0 Å². The average Bonchev–Trinajstić information content (AvgIpc) is 2.86. The fourth-order valence-electron chi connectivity index (χ4n) is 2.47. The molecule has 0 saturated carbocycles. The first-order chi connectivity index (χ1) is 10.3. The lowest BCUT2D eigenvalue weighted by atomic mass is 9.94. The molecule has 1 aromatic carbocycles. The van der Waals surface area contributed by atoms with Gasteiger partial charge in [0.25, 0.3) is 0 Å². The molecule has 1 N–H and O–H groups in total. The minimum atomic E-state index is 0.422. The summed E-state index contributed by atoms with van der Waals surface area (Å²) in [6.45, 7) is 2.38. The molecule has 0 saturated heterocycles. The maximum absolute atomic E-state index is 5.16. The number of halogens is 1. The molecule has 2 aromatic rings. The predicted molar refractivity (Wildman–Crippen MR) is 88.6 cm³/mol. The molecule has 0 bridgehead atoms. The smallest absolute Gasteiger partial charge is 0.0658 e. The van der Waals surface area contributed by atoms with Gasteiger partial charge in [-0.15, -0.1) is 0 Å². The topological polar surface area (TPSA) is 39.1 Å². The summed E-state index contributed by atoms with van der Waals surface area (Å²) in [6.07, 6.45) is 2.81. The number of hydrogen-bond acceptors (Lipinski definition) is 3. The number of rotatable bonds is 8. The standard InChI is InChI=1S/C16H22BrN3O/c1-18-11-14(13-6-4-3-5-7-13)10-16-15(17)12-19-20(16)8-9-21-2/h3-7,12,14,18H,8-11H2,1-2H3. The van der Waals surface area contributed by atoms with Crippen LogP contribution in [-0.2, 0) is 17.7 Å². The first-order valence-electron chi connectivity index (χ1n) is 7.15. The monoisotopic (exact) mass is 351 g/mol. The van der Waals surface area contributed by atoms with Crippen molar-refractivity contribution in [3.63, 3.8) is 0 Å². The second kappa shape index (κ2) is 8.32. The van der Waals surface area contributed by atoms with Crippen molar-refractivity contribution in [2.45, 2.75) is 18.9 Å². The zero-order valence-corrected chi connectivity index (χ0v) is 14.1. The third-order valence-electron chi connectivity index (χ3n) is 3.57. The summed E-state index contributed by atoms with van der Waals surface area (Å²) in [5.41, 5.74) is 2.56. The van der Waals surface area contributed by atoms with Crippen LogP contribution < -0.4 is 5.32 Å².